The highest BCUT2D eigenvalue weighted by Crippen LogP contribution is 2.32. The monoisotopic (exact) mass is 408 g/mol. The molecule has 0 spiro atoms. The second-order valence-corrected chi connectivity index (χ2v) is 6.91. The lowest BCUT2D eigenvalue weighted by Crippen LogP contribution is -2.42. The number of carbonyl (C=O) groups is 1. The van der Waals surface area contributed by atoms with Crippen LogP contribution in [0.3, 0.4) is 0 Å². The summed E-state index contributed by atoms with van der Waals surface area (Å²) in [6, 6.07) is 13.2. The first-order chi connectivity index (χ1) is 14.6. The van der Waals surface area contributed by atoms with Gasteiger partial charge in [-0.25, -0.2) is 4.98 Å². The molecule has 1 N–H and O–H groups in total. The third-order valence-corrected chi connectivity index (χ3v) is 5.13. The topological polar surface area (TPSA) is 89.0 Å². The van der Waals surface area contributed by atoms with Crippen LogP contribution < -0.4 is 14.4 Å². The second-order valence-electron chi connectivity index (χ2n) is 6.91. The maximum atomic E-state index is 13.1. The zero-order valence-electron chi connectivity index (χ0n) is 17.2. The minimum atomic E-state index is -0.636. The van der Waals surface area contributed by atoms with E-state index < -0.39 is 5.92 Å². The van der Waals surface area contributed by atoms with Crippen LogP contribution in [0.15, 0.2) is 47.5 Å². The minimum Gasteiger partial charge on any atom is -0.497 e. The standard InChI is InChI=1S/C22H24N4O4/c1-23-22-20(21-24-17-6-4-5-7-18(17)25-21)19(27)8-9-30-13-26(22)14-10-15(28-2)12-16(11-14)29-3/h4-7,10-12,20H,8-9,13H2,1-3H3,(H,24,25). The number of Topliss-reactive ketones (excluding diaryl/α,β-unsaturated/α-hetero) is 1. The highest BCUT2D eigenvalue weighted by Gasteiger charge is 2.34. The van der Waals surface area contributed by atoms with Crippen LogP contribution in [0.4, 0.5) is 5.69 Å². The van der Waals surface area contributed by atoms with E-state index in [0.29, 0.717) is 29.8 Å². The number of aromatic amines is 1. The van der Waals surface area contributed by atoms with Crippen LogP contribution in [0.25, 0.3) is 11.0 Å². The maximum absolute atomic E-state index is 13.1. The number of ether oxygens (including phenoxy) is 3. The van der Waals surface area contributed by atoms with Crippen molar-refractivity contribution in [2.75, 3.05) is 39.5 Å². The Labute approximate surface area is 174 Å². The van der Waals surface area contributed by atoms with Crippen molar-refractivity contribution in [3.8, 4) is 11.5 Å². The number of nitrogens with zero attached hydrogens (tertiary/aromatic N) is 3. The van der Waals surface area contributed by atoms with Crippen molar-refractivity contribution in [3.63, 3.8) is 0 Å². The third-order valence-electron chi connectivity index (χ3n) is 5.13. The zero-order valence-corrected chi connectivity index (χ0v) is 17.2. The molecule has 8 nitrogen and oxygen atoms in total. The molecular formula is C22H24N4O4. The number of benzene rings is 2. The molecule has 2 aromatic carbocycles. The van der Waals surface area contributed by atoms with Crippen LogP contribution >= 0.6 is 0 Å². The first-order valence-corrected chi connectivity index (χ1v) is 9.67. The number of aromatic nitrogens is 2. The number of rotatable bonds is 4. The van der Waals surface area contributed by atoms with E-state index in [0.717, 1.165) is 16.7 Å². The molecule has 1 saturated heterocycles. The summed E-state index contributed by atoms with van der Waals surface area (Å²) in [5, 5.41) is 0. The Hall–Kier alpha value is -3.39. The Morgan fingerprint density at radius 1 is 1.17 bits per heavy atom. The average molecular weight is 408 g/mol. The van der Waals surface area contributed by atoms with Crippen LogP contribution in [-0.4, -0.2) is 56.2 Å². The molecule has 1 aromatic heterocycles. The molecule has 4 rings (SSSR count). The maximum Gasteiger partial charge on any atom is 0.153 e. The summed E-state index contributed by atoms with van der Waals surface area (Å²) in [4.78, 5) is 27.5. The van der Waals surface area contributed by atoms with E-state index in [1.54, 1.807) is 27.3 Å². The number of ketones is 1. The number of hydrogen-bond donors (Lipinski definition) is 1. The summed E-state index contributed by atoms with van der Waals surface area (Å²) < 4.78 is 16.6. The Morgan fingerprint density at radius 3 is 2.57 bits per heavy atom. The first kappa shape index (κ1) is 19.9. The molecule has 3 aromatic rings. The van der Waals surface area contributed by atoms with Crippen molar-refractivity contribution in [2.45, 2.75) is 12.3 Å². The fourth-order valence-electron chi connectivity index (χ4n) is 3.63. The number of methoxy groups -OCH3 is 2. The second kappa shape index (κ2) is 8.54. The summed E-state index contributed by atoms with van der Waals surface area (Å²) in [7, 11) is 4.86. The number of hydrogen-bond acceptors (Lipinski definition) is 6. The van der Waals surface area contributed by atoms with Gasteiger partial charge in [0.2, 0.25) is 0 Å². The fraction of sp³-hybridized carbons (Fsp3) is 0.318. The molecule has 0 amide bonds. The van der Waals surface area contributed by atoms with Gasteiger partial charge in [-0.1, -0.05) is 12.1 Å². The van der Waals surface area contributed by atoms with Gasteiger partial charge in [-0.3, -0.25) is 9.79 Å². The van der Waals surface area contributed by atoms with Crippen LogP contribution in [0.2, 0.25) is 0 Å². The first-order valence-electron chi connectivity index (χ1n) is 9.67. The van der Waals surface area contributed by atoms with Gasteiger partial charge in [0.15, 0.2) is 5.78 Å². The van der Waals surface area contributed by atoms with Crippen molar-refractivity contribution in [1.82, 2.24) is 9.97 Å². The highest BCUT2D eigenvalue weighted by atomic mass is 16.5. The van der Waals surface area contributed by atoms with Gasteiger partial charge >= 0.3 is 0 Å². The van der Waals surface area contributed by atoms with E-state index in [1.807, 2.05) is 41.3 Å². The van der Waals surface area contributed by atoms with E-state index in [4.69, 9.17) is 14.2 Å². The summed E-state index contributed by atoms with van der Waals surface area (Å²) in [5.41, 5.74) is 2.44. The number of H-pyrrole nitrogens is 1. The van der Waals surface area contributed by atoms with Gasteiger partial charge in [-0.15, -0.1) is 0 Å². The van der Waals surface area contributed by atoms with Gasteiger partial charge in [-0.2, -0.15) is 0 Å². The lowest BCUT2D eigenvalue weighted by molar-refractivity contribution is -0.120. The number of imidazole rings is 1. The molecule has 0 aliphatic carbocycles. The van der Waals surface area contributed by atoms with E-state index >= 15 is 0 Å². The van der Waals surface area contributed by atoms with Crippen LogP contribution in [0, 0.1) is 0 Å². The Morgan fingerprint density at radius 2 is 1.90 bits per heavy atom. The van der Waals surface area contributed by atoms with Crippen LogP contribution in [-0.2, 0) is 9.53 Å². The number of aliphatic imine (C=N–C) groups is 1. The number of para-hydroxylation sites is 2. The quantitative estimate of drug-likeness (QED) is 0.713. The highest BCUT2D eigenvalue weighted by molar-refractivity contribution is 6.15. The lowest BCUT2D eigenvalue weighted by Gasteiger charge is -2.32. The van der Waals surface area contributed by atoms with Gasteiger partial charge in [0.05, 0.1) is 37.5 Å². The van der Waals surface area contributed by atoms with Crippen LogP contribution in [0.5, 0.6) is 11.5 Å². The van der Waals surface area contributed by atoms with Gasteiger partial charge in [0.1, 0.15) is 35.8 Å². The normalized spacial score (nSPS) is 19.0. The Balaban J connectivity index is 1.82. The van der Waals surface area contributed by atoms with Crippen LogP contribution in [0.1, 0.15) is 18.2 Å². The van der Waals surface area contributed by atoms with Crippen molar-refractivity contribution >= 4 is 28.3 Å². The largest absolute Gasteiger partial charge is 0.497 e. The summed E-state index contributed by atoms with van der Waals surface area (Å²) in [6.07, 6.45) is 0.288. The molecule has 0 radical (unpaired) electrons. The number of anilines is 1. The van der Waals surface area contributed by atoms with E-state index in [-0.39, 0.29) is 18.9 Å². The SMILES string of the molecule is CN=C1C(c2nc3ccccc3[nH]2)C(=O)CCOCN1c1cc(OC)cc(OC)c1. The lowest BCUT2D eigenvalue weighted by atomic mass is 9.97. The number of amidine groups is 1. The molecule has 1 aliphatic heterocycles. The number of fused-ring (bicyclic) bond motifs is 1. The molecule has 2 heterocycles. The molecular weight excluding hydrogens is 384 g/mol. The average Bonchev–Trinajstić information content (AvgIpc) is 3.19. The van der Waals surface area contributed by atoms with E-state index in [2.05, 4.69) is 15.0 Å². The zero-order chi connectivity index (χ0) is 21.1. The number of nitrogens with one attached hydrogen (secondary N) is 1. The van der Waals surface area contributed by atoms with E-state index in [9.17, 15) is 4.79 Å². The Kier molecular flexibility index (Phi) is 5.67. The Bertz CT molecular complexity index is 1040. The predicted molar refractivity (Wildman–Crippen MR) is 115 cm³/mol. The fourth-order valence-corrected chi connectivity index (χ4v) is 3.63. The van der Waals surface area contributed by atoms with Crippen molar-refractivity contribution in [1.29, 1.82) is 0 Å². The number of carbonyl (C=O) groups excluding carboxylic acids is 1. The molecule has 1 fully saturated rings. The molecule has 0 bridgehead atoms. The molecule has 0 saturated carbocycles. The molecule has 30 heavy (non-hydrogen) atoms. The molecule has 1 aliphatic rings. The molecule has 1 unspecified atom stereocenters. The smallest absolute Gasteiger partial charge is 0.153 e. The molecule has 156 valence electrons. The van der Waals surface area contributed by atoms with Crippen molar-refractivity contribution in [3.05, 3.63) is 48.3 Å². The van der Waals surface area contributed by atoms with Gasteiger partial charge in [0, 0.05) is 31.7 Å². The van der Waals surface area contributed by atoms with E-state index in [1.165, 1.54) is 0 Å². The minimum absolute atomic E-state index is 0.00535. The molecule has 8 heteroatoms. The summed E-state index contributed by atoms with van der Waals surface area (Å²) >= 11 is 0. The summed E-state index contributed by atoms with van der Waals surface area (Å²) in [5.74, 6) is 1.75. The van der Waals surface area contributed by atoms with Gasteiger partial charge in [-0.05, 0) is 12.1 Å². The summed E-state index contributed by atoms with van der Waals surface area (Å²) in [6.45, 7) is 0.567. The predicted octanol–water partition coefficient (Wildman–Crippen LogP) is 3.15. The van der Waals surface area contributed by atoms with Gasteiger partial charge in [0.25, 0.3) is 0 Å². The molecule has 1 atom stereocenters. The van der Waals surface area contributed by atoms with Gasteiger partial charge < -0.3 is 24.1 Å². The van der Waals surface area contributed by atoms with Crippen molar-refractivity contribution in [2.24, 2.45) is 4.99 Å². The third kappa shape index (κ3) is 3.73. The van der Waals surface area contributed by atoms with Crippen molar-refractivity contribution < 1.29 is 19.0 Å².